The number of amides is 3. The van der Waals surface area contributed by atoms with Gasteiger partial charge in [0.1, 0.15) is 5.60 Å². The van der Waals surface area contributed by atoms with Crippen molar-refractivity contribution < 1.29 is 33.5 Å². The zero-order chi connectivity index (χ0) is 39.5. The minimum Gasteiger partial charge on any atom is -0.444 e. The smallest absolute Gasteiger partial charge is 0.408 e. The molecule has 53 heavy (non-hydrogen) atoms. The highest BCUT2D eigenvalue weighted by Gasteiger charge is 2.42. The molecule has 2 aliphatic rings. The monoisotopic (exact) mass is 735 g/mol. The number of fused-ring (bicyclic) bond motifs is 1. The van der Waals surface area contributed by atoms with Crippen LogP contribution in [0.2, 0.25) is 0 Å². The van der Waals surface area contributed by atoms with Crippen LogP contribution in [0.1, 0.15) is 124 Å². The van der Waals surface area contributed by atoms with E-state index < -0.39 is 46.8 Å². The van der Waals surface area contributed by atoms with Crippen LogP contribution in [-0.2, 0) is 41.6 Å². The van der Waals surface area contributed by atoms with E-state index in [0.717, 1.165) is 25.7 Å². The summed E-state index contributed by atoms with van der Waals surface area (Å²) >= 11 is 0. The number of ketones is 3. The first kappa shape index (κ1) is 43.6. The summed E-state index contributed by atoms with van der Waals surface area (Å²) in [5.41, 5.74) is 1.29. The van der Waals surface area contributed by atoms with E-state index in [4.69, 9.17) is 4.74 Å². The first-order valence-electron chi connectivity index (χ1n) is 19.7. The van der Waals surface area contributed by atoms with Crippen LogP contribution in [0, 0.1) is 35.0 Å². The molecular weight excluding hydrogens is 670 g/mol. The molecule has 3 amide bonds. The Kier molecular flexibility index (Phi) is 16.0. The number of carbonyl (C=O) groups excluding carboxylic acids is 6. The number of alkyl carbamates (subject to hydrolysis) is 1. The Labute approximate surface area is 317 Å². The molecule has 2 aliphatic carbocycles. The van der Waals surface area contributed by atoms with Crippen molar-refractivity contribution in [1.82, 2.24) is 16.0 Å². The fourth-order valence-corrected chi connectivity index (χ4v) is 7.89. The lowest BCUT2D eigenvalue weighted by Gasteiger charge is -2.33. The molecule has 0 spiro atoms. The standard InChI is InChI=1S/C43H65N3O7/c1-10-11-19-34(37(49)40(51)44-26-35(47)30-18-14-17-28-15-12-13-16-29(28)20-21-30)45-39(50)33-25-23-31(22-24-32(33)27(2)3)36(48)38(42(4,5)6)46-41(52)53-43(7,8)9/h10,12-13,15-16,27,30-34,38H,1,11,14,17-26H2,2-9H3,(H,44,51)(H,45,50)(H,46,52)/t30?,31?,32?,33-,34?,38+/m0/s1. The Morgan fingerprint density at radius 1 is 0.849 bits per heavy atom. The highest BCUT2D eigenvalue weighted by atomic mass is 16.6. The van der Waals surface area contributed by atoms with E-state index in [9.17, 15) is 28.8 Å². The van der Waals surface area contributed by atoms with E-state index in [1.165, 1.54) is 11.1 Å². The number of hydrogen-bond acceptors (Lipinski definition) is 7. The molecule has 4 unspecified atom stereocenters. The van der Waals surface area contributed by atoms with E-state index in [2.05, 4.69) is 48.5 Å². The van der Waals surface area contributed by atoms with Gasteiger partial charge >= 0.3 is 6.09 Å². The lowest BCUT2D eigenvalue weighted by Crippen LogP contribution is -2.52. The first-order chi connectivity index (χ1) is 24.8. The maximum atomic E-state index is 14.0. The number of aryl methyl sites for hydroxylation is 2. The summed E-state index contributed by atoms with van der Waals surface area (Å²) in [6, 6.07) is 6.43. The normalized spacial score (nSPS) is 22.1. The van der Waals surface area contributed by atoms with E-state index in [1.807, 2.05) is 32.9 Å². The number of hydrogen-bond donors (Lipinski definition) is 3. The Morgan fingerprint density at radius 2 is 1.49 bits per heavy atom. The van der Waals surface area contributed by atoms with Gasteiger partial charge in [-0.25, -0.2) is 4.79 Å². The van der Waals surface area contributed by atoms with Gasteiger partial charge in [-0.05, 0) is 120 Å². The Morgan fingerprint density at radius 3 is 2.09 bits per heavy atom. The summed E-state index contributed by atoms with van der Waals surface area (Å²) in [6.45, 7) is 18.6. The molecule has 0 bridgehead atoms. The quantitative estimate of drug-likeness (QED) is 0.107. The molecule has 1 saturated carbocycles. The van der Waals surface area contributed by atoms with Crippen LogP contribution < -0.4 is 16.0 Å². The average Bonchev–Trinajstić information content (AvgIpc) is 3.30. The van der Waals surface area contributed by atoms with Crippen molar-refractivity contribution >= 4 is 35.3 Å². The summed E-state index contributed by atoms with van der Waals surface area (Å²) in [5.74, 6) is -3.15. The number of benzene rings is 1. The third-order valence-corrected chi connectivity index (χ3v) is 10.9. The largest absolute Gasteiger partial charge is 0.444 e. The summed E-state index contributed by atoms with van der Waals surface area (Å²) in [4.78, 5) is 80.6. The minimum absolute atomic E-state index is 0.0583. The second-order valence-electron chi connectivity index (χ2n) is 17.6. The van der Waals surface area contributed by atoms with Crippen molar-refractivity contribution in [3.05, 3.63) is 48.0 Å². The molecule has 294 valence electrons. The number of allylic oxidation sites excluding steroid dienone is 1. The van der Waals surface area contributed by atoms with E-state index in [0.29, 0.717) is 38.5 Å². The Hall–Kier alpha value is -3.82. The fraction of sp³-hybridized carbons (Fsp3) is 0.674. The van der Waals surface area contributed by atoms with Crippen molar-refractivity contribution in [3.8, 4) is 0 Å². The second-order valence-corrected chi connectivity index (χ2v) is 17.6. The van der Waals surface area contributed by atoms with Crippen LogP contribution in [0.25, 0.3) is 0 Å². The van der Waals surface area contributed by atoms with Gasteiger partial charge in [-0.3, -0.25) is 24.0 Å². The first-order valence-corrected chi connectivity index (χ1v) is 19.7. The second kappa shape index (κ2) is 19.5. The van der Waals surface area contributed by atoms with Crippen molar-refractivity contribution in [3.63, 3.8) is 0 Å². The van der Waals surface area contributed by atoms with Crippen LogP contribution in [0.5, 0.6) is 0 Å². The summed E-state index contributed by atoms with van der Waals surface area (Å²) in [5, 5.41) is 8.26. The molecule has 3 N–H and O–H groups in total. The predicted octanol–water partition coefficient (Wildman–Crippen LogP) is 6.86. The molecule has 1 fully saturated rings. The van der Waals surface area contributed by atoms with Crippen molar-refractivity contribution in [1.29, 1.82) is 0 Å². The molecule has 10 heteroatoms. The Balaban J connectivity index is 1.66. The molecule has 0 heterocycles. The minimum atomic E-state index is -1.08. The predicted molar refractivity (Wildman–Crippen MR) is 207 cm³/mol. The van der Waals surface area contributed by atoms with Crippen molar-refractivity contribution in [2.45, 2.75) is 144 Å². The third-order valence-electron chi connectivity index (χ3n) is 10.9. The fourth-order valence-electron chi connectivity index (χ4n) is 7.89. The number of nitrogens with one attached hydrogen (secondary N) is 3. The lowest BCUT2D eigenvalue weighted by molar-refractivity contribution is -0.141. The maximum absolute atomic E-state index is 14.0. The average molecular weight is 736 g/mol. The van der Waals surface area contributed by atoms with Gasteiger partial charge in [-0.15, -0.1) is 6.58 Å². The van der Waals surface area contributed by atoms with Gasteiger partial charge < -0.3 is 20.7 Å². The number of carbonyl (C=O) groups is 6. The van der Waals surface area contributed by atoms with E-state index >= 15 is 0 Å². The molecule has 3 rings (SSSR count). The molecule has 0 aromatic heterocycles. The van der Waals surface area contributed by atoms with Gasteiger partial charge in [0.2, 0.25) is 11.7 Å². The van der Waals surface area contributed by atoms with Gasteiger partial charge in [0.05, 0.1) is 18.6 Å². The molecule has 6 atom stereocenters. The molecule has 0 saturated heterocycles. The lowest BCUT2D eigenvalue weighted by atomic mass is 9.78. The summed E-state index contributed by atoms with van der Waals surface area (Å²) in [6.07, 6.45) is 7.65. The third kappa shape index (κ3) is 13.2. The van der Waals surface area contributed by atoms with Crippen LogP contribution in [0.15, 0.2) is 36.9 Å². The van der Waals surface area contributed by atoms with Gasteiger partial charge in [-0.1, -0.05) is 65.0 Å². The molecule has 0 aliphatic heterocycles. The highest BCUT2D eigenvalue weighted by molar-refractivity contribution is 6.38. The molecule has 0 radical (unpaired) electrons. The van der Waals surface area contributed by atoms with Crippen LogP contribution in [0.4, 0.5) is 4.79 Å². The van der Waals surface area contributed by atoms with Crippen molar-refractivity contribution in [2.75, 3.05) is 6.54 Å². The SMILES string of the molecule is C=CCCC(NC(=O)[C@H]1CCC(C(=O)[C@@H](NC(=O)OC(C)(C)C)C(C)(C)C)CCC1C(C)C)C(=O)C(=O)NCC(=O)C1CCCc2ccccc2CC1. The maximum Gasteiger partial charge on any atom is 0.408 e. The van der Waals surface area contributed by atoms with Crippen molar-refractivity contribution in [2.24, 2.45) is 35.0 Å². The number of rotatable bonds is 14. The van der Waals surface area contributed by atoms with Gasteiger partial charge in [0.15, 0.2) is 11.6 Å². The van der Waals surface area contributed by atoms with Gasteiger partial charge in [-0.2, -0.15) is 0 Å². The summed E-state index contributed by atoms with van der Waals surface area (Å²) < 4.78 is 5.46. The van der Waals surface area contributed by atoms with E-state index in [1.54, 1.807) is 26.8 Å². The molecule has 10 nitrogen and oxygen atoms in total. The van der Waals surface area contributed by atoms with Crippen LogP contribution in [-0.4, -0.2) is 59.5 Å². The van der Waals surface area contributed by atoms with E-state index in [-0.39, 0.29) is 54.1 Å². The van der Waals surface area contributed by atoms with Crippen LogP contribution >= 0.6 is 0 Å². The van der Waals surface area contributed by atoms with Gasteiger partial charge in [0.25, 0.3) is 5.91 Å². The molecule has 1 aromatic carbocycles. The van der Waals surface area contributed by atoms with Gasteiger partial charge in [0, 0.05) is 17.8 Å². The highest BCUT2D eigenvalue weighted by Crippen LogP contribution is 2.38. The number of Topliss-reactive ketones (excluding diaryl/α,β-unsaturated/α-hetero) is 3. The summed E-state index contributed by atoms with van der Waals surface area (Å²) in [7, 11) is 0. The Bertz CT molecular complexity index is 1470. The molecular formula is C43H65N3O7. The number of ether oxygens (including phenoxy) is 1. The van der Waals surface area contributed by atoms with Crippen LogP contribution in [0.3, 0.4) is 0 Å². The zero-order valence-corrected chi connectivity index (χ0v) is 33.5. The topological polar surface area (TPSA) is 148 Å². The zero-order valence-electron chi connectivity index (χ0n) is 33.5. The molecule has 1 aromatic rings.